The molecule has 0 spiro atoms. The molecule has 2 aromatic carbocycles. The molecule has 0 aliphatic rings. The van der Waals surface area contributed by atoms with E-state index in [0.29, 0.717) is 5.69 Å². The summed E-state index contributed by atoms with van der Waals surface area (Å²) < 4.78 is 0.951. The lowest BCUT2D eigenvalue weighted by Crippen LogP contribution is -2.32. The average Bonchev–Trinajstić information content (AvgIpc) is 2.52. The van der Waals surface area contributed by atoms with Crippen molar-refractivity contribution in [2.24, 2.45) is 5.10 Å². The zero-order valence-corrected chi connectivity index (χ0v) is 15.3. The van der Waals surface area contributed by atoms with Crippen molar-refractivity contribution in [1.29, 1.82) is 0 Å². The highest BCUT2D eigenvalue weighted by Crippen LogP contribution is 2.21. The molecule has 24 heavy (non-hydrogen) atoms. The van der Waals surface area contributed by atoms with Crippen LogP contribution in [0.1, 0.15) is 22.3 Å². The van der Waals surface area contributed by atoms with E-state index in [-0.39, 0.29) is 0 Å². The molecular formula is C18H18BrN3O2. The van der Waals surface area contributed by atoms with Gasteiger partial charge in [-0.05, 0) is 49.6 Å². The second-order valence-corrected chi connectivity index (χ2v) is 6.39. The fourth-order valence-electron chi connectivity index (χ4n) is 2.31. The summed E-state index contributed by atoms with van der Waals surface area (Å²) >= 11 is 3.34. The van der Waals surface area contributed by atoms with E-state index >= 15 is 0 Å². The number of rotatable bonds is 3. The first-order valence-electron chi connectivity index (χ1n) is 7.34. The molecule has 2 rings (SSSR count). The number of benzene rings is 2. The van der Waals surface area contributed by atoms with Crippen LogP contribution in [0.25, 0.3) is 0 Å². The summed E-state index contributed by atoms with van der Waals surface area (Å²) in [5.41, 5.74) is 6.60. The minimum Gasteiger partial charge on any atom is -0.317 e. The van der Waals surface area contributed by atoms with E-state index in [1.807, 2.05) is 57.2 Å². The van der Waals surface area contributed by atoms with Crippen molar-refractivity contribution in [1.82, 2.24) is 5.43 Å². The van der Waals surface area contributed by atoms with Crippen LogP contribution in [-0.2, 0) is 9.59 Å². The lowest BCUT2D eigenvalue weighted by molar-refractivity contribution is -0.136. The number of halogens is 1. The molecule has 0 radical (unpaired) electrons. The molecule has 2 aromatic rings. The Morgan fingerprint density at radius 2 is 1.58 bits per heavy atom. The van der Waals surface area contributed by atoms with Crippen molar-refractivity contribution in [3.8, 4) is 0 Å². The van der Waals surface area contributed by atoms with Gasteiger partial charge in [-0.25, -0.2) is 5.43 Å². The third-order valence-electron chi connectivity index (χ3n) is 3.37. The van der Waals surface area contributed by atoms with Gasteiger partial charge in [0.2, 0.25) is 0 Å². The van der Waals surface area contributed by atoms with Gasteiger partial charge in [-0.3, -0.25) is 9.59 Å². The summed E-state index contributed by atoms with van der Waals surface area (Å²) in [6.07, 6.45) is 1.47. The number of hydrogen-bond donors (Lipinski definition) is 2. The van der Waals surface area contributed by atoms with Gasteiger partial charge in [0.1, 0.15) is 0 Å². The molecule has 0 saturated carbocycles. The first kappa shape index (κ1) is 17.9. The molecular weight excluding hydrogens is 370 g/mol. The van der Waals surface area contributed by atoms with Crippen molar-refractivity contribution < 1.29 is 9.59 Å². The molecule has 0 saturated heterocycles. The maximum Gasteiger partial charge on any atom is 0.329 e. The number of anilines is 1. The van der Waals surface area contributed by atoms with E-state index in [0.717, 1.165) is 26.7 Å². The fraction of sp³-hybridized carbons (Fsp3) is 0.167. The summed E-state index contributed by atoms with van der Waals surface area (Å²) in [5.74, 6) is -1.57. The van der Waals surface area contributed by atoms with Crippen molar-refractivity contribution in [2.75, 3.05) is 5.32 Å². The lowest BCUT2D eigenvalue weighted by Gasteiger charge is -2.12. The molecule has 0 heterocycles. The highest BCUT2D eigenvalue weighted by molar-refractivity contribution is 9.10. The number of nitrogens with one attached hydrogen (secondary N) is 2. The van der Waals surface area contributed by atoms with Gasteiger partial charge < -0.3 is 5.32 Å². The Kier molecular flexibility index (Phi) is 5.87. The third kappa shape index (κ3) is 4.76. The quantitative estimate of drug-likeness (QED) is 0.480. The molecule has 2 N–H and O–H groups in total. The van der Waals surface area contributed by atoms with Gasteiger partial charge >= 0.3 is 11.8 Å². The Labute approximate surface area is 149 Å². The standard InChI is InChI=1S/C18H18BrN3O2/c1-11-8-12(2)16(13(3)9-11)21-17(23)18(24)22-20-10-14-4-6-15(19)7-5-14/h4-10H,1-3H3,(H,21,23)(H,22,24)/b20-10-. The summed E-state index contributed by atoms with van der Waals surface area (Å²) in [4.78, 5) is 23.8. The van der Waals surface area contributed by atoms with Gasteiger partial charge in [0.25, 0.3) is 0 Å². The smallest absolute Gasteiger partial charge is 0.317 e. The first-order valence-corrected chi connectivity index (χ1v) is 8.14. The average molecular weight is 388 g/mol. The van der Waals surface area contributed by atoms with E-state index < -0.39 is 11.8 Å². The van der Waals surface area contributed by atoms with Gasteiger partial charge in [0.05, 0.1) is 6.21 Å². The largest absolute Gasteiger partial charge is 0.329 e. The van der Waals surface area contributed by atoms with Crippen molar-refractivity contribution in [2.45, 2.75) is 20.8 Å². The number of hydrazone groups is 1. The van der Waals surface area contributed by atoms with E-state index in [1.165, 1.54) is 6.21 Å². The predicted octanol–water partition coefficient (Wildman–Crippen LogP) is 3.46. The van der Waals surface area contributed by atoms with E-state index in [9.17, 15) is 9.59 Å². The van der Waals surface area contributed by atoms with Crippen LogP contribution >= 0.6 is 15.9 Å². The van der Waals surface area contributed by atoms with Crippen LogP contribution in [0.15, 0.2) is 46.0 Å². The van der Waals surface area contributed by atoms with Crippen LogP contribution in [0.2, 0.25) is 0 Å². The number of amides is 2. The molecule has 2 amide bonds. The van der Waals surface area contributed by atoms with Crippen molar-refractivity contribution in [3.63, 3.8) is 0 Å². The molecule has 0 atom stereocenters. The Hall–Kier alpha value is -2.47. The topological polar surface area (TPSA) is 70.6 Å². The second kappa shape index (κ2) is 7.88. The Balaban J connectivity index is 1.98. The number of carbonyl (C=O) groups is 2. The molecule has 5 nitrogen and oxygen atoms in total. The predicted molar refractivity (Wildman–Crippen MR) is 99.2 cm³/mol. The SMILES string of the molecule is Cc1cc(C)c(NC(=O)C(=O)N/N=C\c2ccc(Br)cc2)c(C)c1. The number of hydrogen-bond acceptors (Lipinski definition) is 3. The van der Waals surface area contributed by atoms with Crippen LogP contribution in [0.5, 0.6) is 0 Å². The molecule has 0 bridgehead atoms. The maximum atomic E-state index is 12.0. The summed E-state index contributed by atoms with van der Waals surface area (Å²) in [7, 11) is 0. The minimum atomic E-state index is -0.817. The summed E-state index contributed by atoms with van der Waals surface area (Å²) in [6.45, 7) is 5.76. The van der Waals surface area contributed by atoms with Gasteiger partial charge in [-0.1, -0.05) is 45.8 Å². The number of nitrogens with zero attached hydrogens (tertiary/aromatic N) is 1. The van der Waals surface area contributed by atoms with Gasteiger partial charge in [0, 0.05) is 10.2 Å². The Morgan fingerprint density at radius 1 is 1.00 bits per heavy atom. The molecule has 0 fully saturated rings. The van der Waals surface area contributed by atoms with E-state index in [1.54, 1.807) is 0 Å². The second-order valence-electron chi connectivity index (χ2n) is 5.48. The van der Waals surface area contributed by atoms with Crippen LogP contribution in [-0.4, -0.2) is 18.0 Å². The number of carbonyl (C=O) groups excluding carboxylic acids is 2. The third-order valence-corrected chi connectivity index (χ3v) is 3.90. The first-order chi connectivity index (χ1) is 11.4. The van der Waals surface area contributed by atoms with Crippen LogP contribution in [0.3, 0.4) is 0 Å². The van der Waals surface area contributed by atoms with E-state index in [4.69, 9.17) is 0 Å². The Morgan fingerprint density at radius 3 is 2.17 bits per heavy atom. The molecule has 0 aliphatic carbocycles. The fourth-order valence-corrected chi connectivity index (χ4v) is 2.58. The highest BCUT2D eigenvalue weighted by Gasteiger charge is 2.15. The molecule has 6 heteroatoms. The zero-order chi connectivity index (χ0) is 17.7. The molecule has 0 aromatic heterocycles. The normalized spacial score (nSPS) is 10.7. The highest BCUT2D eigenvalue weighted by atomic mass is 79.9. The van der Waals surface area contributed by atoms with Crippen molar-refractivity contribution >= 4 is 39.6 Å². The van der Waals surface area contributed by atoms with Crippen LogP contribution < -0.4 is 10.7 Å². The maximum absolute atomic E-state index is 12.0. The summed E-state index contributed by atoms with van der Waals surface area (Å²) in [6, 6.07) is 11.3. The zero-order valence-electron chi connectivity index (χ0n) is 13.7. The number of aryl methyl sites for hydroxylation is 3. The van der Waals surface area contributed by atoms with E-state index in [2.05, 4.69) is 31.8 Å². The van der Waals surface area contributed by atoms with Crippen molar-refractivity contribution in [3.05, 3.63) is 63.1 Å². The molecule has 0 aliphatic heterocycles. The lowest BCUT2D eigenvalue weighted by atomic mass is 10.1. The minimum absolute atomic E-state index is 0.651. The summed E-state index contributed by atoms with van der Waals surface area (Å²) in [5, 5.41) is 6.42. The molecule has 0 unspecified atom stereocenters. The Bertz CT molecular complexity index is 775. The molecule has 124 valence electrons. The van der Waals surface area contributed by atoms with Gasteiger partial charge in [-0.15, -0.1) is 0 Å². The van der Waals surface area contributed by atoms with Crippen LogP contribution in [0, 0.1) is 20.8 Å². The monoisotopic (exact) mass is 387 g/mol. The van der Waals surface area contributed by atoms with Gasteiger partial charge in [-0.2, -0.15) is 5.10 Å². The van der Waals surface area contributed by atoms with Gasteiger partial charge in [0.15, 0.2) is 0 Å². The van der Waals surface area contributed by atoms with Crippen LogP contribution in [0.4, 0.5) is 5.69 Å².